The van der Waals surface area contributed by atoms with Crippen LogP contribution in [0.5, 0.6) is 0 Å². The standard InChI is InChI=1S/C25H25ClN4O5S.C24H22ClN3O5S.C23H20ClN3O5S.C21H20N2O4S/c26-22-8-5-19(16-21(22)24-23(2-1-9-27-24)29-10-13-34-14-11-29)28-25(31)18-3-6-20(7-4-18)30-12-15-35-17-36(30,32)33;1-16-3-2-4-18(13-16)24(30)27-22-14-19(7-10-21(22)25)26-23(29)17-5-8-20(9-6-17)28-11-12-33-15-34(28,31)32;24-20-11-8-18(14-21(20)26-23(29)16-4-2-1-3-5-16)25-22(28)17-6-9-19(10-7-17)27-12-13-32-15-33(27,30)31;1-15-4-2-6-19-18(15)5-3-7-20(19)22-21(24)16-8-10-17(11-9-16)23-12-13-27-14-28(23,25)26/h1-9,16H,10-15,17H2,(H,28,31);2-10,13-14H,11-12,15H2,1H3,(H,26,29)(H,27,30);1-11,14H,12-13,15H2,(H,25,28)(H,26,29);2-11H,12-14H2,1H3,(H,22,24). The highest BCUT2D eigenvalue weighted by Crippen LogP contribution is 2.38. The van der Waals surface area contributed by atoms with E-state index in [1.807, 2.05) is 74.5 Å². The van der Waals surface area contributed by atoms with Gasteiger partial charge in [-0.1, -0.05) is 101 Å². The molecule has 0 aliphatic carbocycles. The topological polar surface area (TPSA) is 386 Å². The number of aryl methyl sites for hydroxylation is 2. The number of aromatic nitrogens is 1. The summed E-state index contributed by atoms with van der Waals surface area (Å²) in [6.45, 7) is 8.97. The zero-order chi connectivity index (χ0) is 92.6. The minimum absolute atomic E-state index is 0.218. The van der Waals surface area contributed by atoms with Gasteiger partial charge in [-0.05, 0) is 219 Å². The van der Waals surface area contributed by atoms with Crippen LogP contribution in [0.25, 0.3) is 22.0 Å². The molecule has 0 atom stereocenters. The van der Waals surface area contributed by atoms with Crippen molar-refractivity contribution in [2.45, 2.75) is 13.8 Å². The molecule has 5 aliphatic rings. The van der Waals surface area contributed by atoms with Gasteiger partial charge in [-0.3, -0.25) is 51.0 Å². The maximum atomic E-state index is 12.9. The van der Waals surface area contributed by atoms with Gasteiger partial charge in [0, 0.05) is 86.4 Å². The number of amides is 6. The van der Waals surface area contributed by atoms with Crippen LogP contribution < -0.4 is 54.0 Å². The zero-order valence-electron chi connectivity index (χ0n) is 70.3. The SMILES string of the molecule is Cc1cccc(C(=O)Nc2cc(NC(=O)c3ccc(N4CCOCS4(=O)=O)cc3)ccc2Cl)c1.Cc1cccc2c(NC(=O)c3ccc(N4CCOCS4(=O)=O)cc3)cccc12.O=C(Nc1ccc(Cl)c(-c2ncccc2N2CCOCC2)c1)c1ccc(N2CCOCS2(=O)=O)cc1.O=C(Nc1ccc(Cl)c(NC(=O)c2ccccc2)c1)c1ccc(N2CCOCS2(=O)=O)cc1. The molecule has 0 bridgehead atoms. The molecular formula is C93H87Cl3N12O19S4. The van der Waals surface area contributed by atoms with Crippen molar-refractivity contribution < 1.29 is 86.1 Å². The molecule has 131 heavy (non-hydrogen) atoms. The maximum absolute atomic E-state index is 12.9. The van der Waals surface area contributed by atoms with Gasteiger partial charge in [-0.15, -0.1) is 0 Å². The minimum Gasteiger partial charge on any atom is -0.378 e. The fourth-order valence-electron chi connectivity index (χ4n) is 14.3. The number of nitrogens with zero attached hydrogens (tertiary/aromatic N) is 6. The molecule has 0 radical (unpaired) electrons. The number of morpholine rings is 1. The van der Waals surface area contributed by atoms with Crippen molar-refractivity contribution in [3.63, 3.8) is 0 Å². The average molecular weight is 1910 g/mol. The number of sulfonamides is 4. The third-order valence-corrected chi connectivity index (χ3v) is 28.1. The summed E-state index contributed by atoms with van der Waals surface area (Å²) in [5, 5.41) is 20.1. The van der Waals surface area contributed by atoms with Crippen LogP contribution in [0.1, 0.15) is 73.3 Å². The molecule has 0 spiro atoms. The van der Waals surface area contributed by atoms with Crippen LogP contribution in [0.15, 0.2) is 261 Å². The van der Waals surface area contributed by atoms with Crippen molar-refractivity contribution in [3.8, 4) is 11.3 Å². The number of anilines is 11. The molecular weight excluding hydrogens is 1820 g/mol. The number of pyridine rings is 1. The molecule has 6 amide bonds. The number of nitrogens with one attached hydrogen (secondary N) is 6. The molecule has 0 unspecified atom stereocenters. The second-order valence-corrected chi connectivity index (χ2v) is 38.6. The lowest BCUT2D eigenvalue weighted by Gasteiger charge is -2.30. The van der Waals surface area contributed by atoms with Crippen LogP contribution in [-0.4, -0.2) is 177 Å². The monoisotopic (exact) mass is 1910 g/mol. The first-order chi connectivity index (χ1) is 62.9. The van der Waals surface area contributed by atoms with E-state index in [2.05, 4.69) is 41.8 Å². The molecule has 6 N–H and O–H groups in total. The average Bonchev–Trinajstić information content (AvgIpc) is 0.806. The van der Waals surface area contributed by atoms with Gasteiger partial charge < -0.3 is 60.5 Å². The molecule has 678 valence electrons. The molecule has 5 saturated heterocycles. The van der Waals surface area contributed by atoms with Crippen LogP contribution in [-0.2, 0) is 63.8 Å². The summed E-state index contributed by atoms with van der Waals surface area (Å²) < 4.78 is 128. The van der Waals surface area contributed by atoms with Crippen LogP contribution in [0.4, 0.5) is 62.6 Å². The summed E-state index contributed by atoms with van der Waals surface area (Å²) in [5.41, 5.74) is 11.9. The Bertz CT molecular complexity index is 6740. The first-order valence-electron chi connectivity index (χ1n) is 40.8. The van der Waals surface area contributed by atoms with Crippen molar-refractivity contribution in [2.75, 3.05) is 157 Å². The van der Waals surface area contributed by atoms with Gasteiger partial charge in [-0.25, -0.2) is 33.7 Å². The van der Waals surface area contributed by atoms with Gasteiger partial charge in [0.25, 0.3) is 75.5 Å². The Kier molecular flexibility index (Phi) is 30.5. The summed E-state index contributed by atoms with van der Waals surface area (Å²) in [7, 11) is -14.1. The van der Waals surface area contributed by atoms with Crippen LogP contribution >= 0.6 is 34.8 Å². The van der Waals surface area contributed by atoms with E-state index in [9.17, 15) is 62.4 Å². The Morgan fingerprint density at radius 3 is 1.08 bits per heavy atom. The second-order valence-electron chi connectivity index (χ2n) is 30.0. The van der Waals surface area contributed by atoms with Gasteiger partial charge in [0.15, 0.2) is 23.8 Å². The smallest absolute Gasteiger partial charge is 0.259 e. The maximum Gasteiger partial charge on any atom is 0.259 e. The zero-order valence-corrected chi connectivity index (χ0v) is 75.9. The molecule has 5 fully saturated rings. The third kappa shape index (κ3) is 23.8. The van der Waals surface area contributed by atoms with Crippen LogP contribution in [0, 0.1) is 13.8 Å². The second kappa shape index (κ2) is 42.3. The number of carbonyl (C=O) groups excluding carboxylic acids is 6. The highest BCUT2D eigenvalue weighted by atomic mass is 35.5. The van der Waals surface area contributed by atoms with Gasteiger partial charge in [0.1, 0.15) is 0 Å². The van der Waals surface area contributed by atoms with Gasteiger partial charge >= 0.3 is 0 Å². The van der Waals surface area contributed by atoms with E-state index in [0.29, 0.717) is 145 Å². The van der Waals surface area contributed by atoms with Gasteiger partial charge in [0.2, 0.25) is 0 Å². The molecule has 0 saturated carbocycles. The van der Waals surface area contributed by atoms with Gasteiger partial charge in [-0.2, -0.15) is 0 Å². The largest absolute Gasteiger partial charge is 0.378 e. The summed E-state index contributed by atoms with van der Waals surface area (Å²) in [4.78, 5) is 82.8. The number of halogens is 3. The van der Waals surface area contributed by atoms with Crippen molar-refractivity contribution in [1.82, 2.24) is 4.98 Å². The predicted molar refractivity (Wildman–Crippen MR) is 509 cm³/mol. The normalized spacial score (nSPS) is 15.9. The number of carbonyl (C=O) groups is 6. The van der Waals surface area contributed by atoms with Crippen LogP contribution in [0.3, 0.4) is 0 Å². The Balaban J connectivity index is 0.000000141. The first-order valence-corrected chi connectivity index (χ1v) is 48.4. The fourth-order valence-corrected chi connectivity index (χ4v) is 19.9. The lowest BCUT2D eigenvalue weighted by atomic mass is 10.0. The predicted octanol–water partition coefficient (Wildman–Crippen LogP) is 15.4. The molecule has 17 rings (SSSR count). The molecule has 38 heteroatoms. The van der Waals surface area contributed by atoms with Gasteiger partial charge in [0.05, 0.1) is 126 Å². The van der Waals surface area contributed by atoms with Crippen LogP contribution in [0.2, 0.25) is 15.1 Å². The molecule has 5 aliphatic heterocycles. The highest BCUT2D eigenvalue weighted by molar-refractivity contribution is 7.93. The number of benzene rings is 11. The number of ether oxygens (including phenoxy) is 5. The molecule has 6 heterocycles. The Morgan fingerprint density at radius 1 is 0.313 bits per heavy atom. The minimum atomic E-state index is -3.54. The first kappa shape index (κ1) is 94.2. The summed E-state index contributed by atoms with van der Waals surface area (Å²) >= 11 is 19.0. The van der Waals surface area contributed by atoms with Crippen molar-refractivity contribution in [2.24, 2.45) is 0 Å². The summed E-state index contributed by atoms with van der Waals surface area (Å²) in [6.07, 6.45) is 1.72. The van der Waals surface area contributed by atoms with E-state index < -0.39 is 51.9 Å². The van der Waals surface area contributed by atoms with Crippen molar-refractivity contribution in [1.29, 1.82) is 0 Å². The van der Waals surface area contributed by atoms with E-state index in [1.165, 1.54) is 17.2 Å². The van der Waals surface area contributed by atoms with Crippen molar-refractivity contribution >= 4 is 184 Å². The quantitative estimate of drug-likeness (QED) is 0.0464. The van der Waals surface area contributed by atoms with Crippen molar-refractivity contribution in [3.05, 3.63) is 321 Å². The Labute approximate surface area is 771 Å². The molecule has 11 aromatic carbocycles. The summed E-state index contributed by atoms with van der Waals surface area (Å²) in [5.74, 6) is -3.41. The Hall–Kier alpha value is -12.9. The van der Waals surface area contributed by atoms with E-state index >= 15 is 0 Å². The van der Waals surface area contributed by atoms with E-state index in [0.717, 1.165) is 52.1 Å². The van der Waals surface area contributed by atoms with E-state index in [-0.39, 0.29) is 73.6 Å². The number of hydrogen-bond acceptors (Lipinski definition) is 21. The molecule has 31 nitrogen and oxygen atoms in total. The fraction of sp³-hybridized carbons (Fsp3) is 0.194. The van der Waals surface area contributed by atoms with E-state index in [1.54, 1.807) is 200 Å². The molecule has 12 aromatic rings. The third-order valence-electron chi connectivity index (χ3n) is 21.0. The van der Waals surface area contributed by atoms with E-state index in [4.69, 9.17) is 58.5 Å². The number of fused-ring (bicyclic) bond motifs is 1. The summed E-state index contributed by atoms with van der Waals surface area (Å²) in [6, 6.07) is 71.8. The number of hydrogen-bond donors (Lipinski definition) is 6. The lowest BCUT2D eigenvalue weighted by Crippen LogP contribution is -2.41. The Morgan fingerprint density at radius 2 is 0.664 bits per heavy atom. The number of rotatable bonds is 18. The highest BCUT2D eigenvalue weighted by Gasteiger charge is 2.32. The molecule has 1 aromatic heterocycles. The lowest BCUT2D eigenvalue weighted by molar-refractivity contribution is 0.101.